The molecule has 0 fully saturated rings. The lowest BCUT2D eigenvalue weighted by molar-refractivity contribution is -0.120. The molecule has 2 amide bonds. The van der Waals surface area contributed by atoms with Crippen LogP contribution in [0.5, 0.6) is 0 Å². The third-order valence-corrected chi connectivity index (χ3v) is 4.06. The lowest BCUT2D eigenvalue weighted by Gasteiger charge is -2.14. The summed E-state index contributed by atoms with van der Waals surface area (Å²) in [5.74, 6) is -0.292. The molecule has 0 atom stereocenters. The van der Waals surface area contributed by atoms with Crippen LogP contribution < -0.4 is 5.32 Å². The van der Waals surface area contributed by atoms with Crippen LogP contribution in [0.1, 0.15) is 36.8 Å². The zero-order valence-electron chi connectivity index (χ0n) is 13.0. The summed E-state index contributed by atoms with van der Waals surface area (Å²) < 4.78 is 5.29. The van der Waals surface area contributed by atoms with Crippen LogP contribution in [-0.2, 0) is 9.53 Å². The molecule has 23 heavy (non-hydrogen) atoms. The second kappa shape index (κ2) is 6.65. The molecule has 0 aliphatic heterocycles. The average molecular weight is 309 g/mol. The van der Waals surface area contributed by atoms with Gasteiger partial charge >= 0.3 is 6.09 Å². The Morgan fingerprint density at radius 1 is 1.00 bits per heavy atom. The van der Waals surface area contributed by atoms with E-state index in [1.54, 1.807) is 0 Å². The quantitative estimate of drug-likeness (QED) is 0.933. The van der Waals surface area contributed by atoms with Crippen molar-refractivity contribution in [3.8, 4) is 11.1 Å². The van der Waals surface area contributed by atoms with E-state index in [4.69, 9.17) is 4.74 Å². The number of amides is 2. The molecule has 1 aliphatic rings. The van der Waals surface area contributed by atoms with Crippen molar-refractivity contribution in [3.05, 3.63) is 59.7 Å². The molecule has 2 aromatic rings. The van der Waals surface area contributed by atoms with Gasteiger partial charge in [-0.05, 0) is 28.7 Å². The normalized spacial score (nSPS) is 12.4. The molecule has 4 nitrogen and oxygen atoms in total. The van der Waals surface area contributed by atoms with Crippen molar-refractivity contribution in [2.24, 2.45) is 0 Å². The van der Waals surface area contributed by atoms with Crippen LogP contribution in [0, 0.1) is 0 Å². The number of hydrogen-bond donors (Lipinski definition) is 1. The van der Waals surface area contributed by atoms with Crippen LogP contribution in [0.15, 0.2) is 48.5 Å². The van der Waals surface area contributed by atoms with Crippen molar-refractivity contribution in [2.75, 3.05) is 6.61 Å². The molecular formula is C19H19NO3. The van der Waals surface area contributed by atoms with Gasteiger partial charge in [0.25, 0.3) is 0 Å². The highest BCUT2D eigenvalue weighted by Crippen LogP contribution is 2.44. The summed E-state index contributed by atoms with van der Waals surface area (Å²) in [6.07, 6.45) is 0.345. The number of benzene rings is 2. The Labute approximate surface area is 135 Å². The van der Waals surface area contributed by atoms with Crippen LogP contribution in [0.3, 0.4) is 0 Å². The van der Waals surface area contributed by atoms with Crippen LogP contribution in [0.2, 0.25) is 0 Å². The fourth-order valence-electron chi connectivity index (χ4n) is 3.04. The third kappa shape index (κ3) is 3.11. The second-order valence-electron chi connectivity index (χ2n) is 5.62. The molecule has 3 rings (SSSR count). The van der Waals surface area contributed by atoms with E-state index in [-0.39, 0.29) is 18.4 Å². The molecule has 1 N–H and O–H groups in total. The largest absolute Gasteiger partial charge is 0.448 e. The molecule has 1 aliphatic carbocycles. The summed E-state index contributed by atoms with van der Waals surface area (Å²) in [7, 11) is 0. The zero-order chi connectivity index (χ0) is 16.2. The van der Waals surface area contributed by atoms with Gasteiger partial charge in [-0.25, -0.2) is 4.79 Å². The van der Waals surface area contributed by atoms with Gasteiger partial charge in [0.2, 0.25) is 5.91 Å². The van der Waals surface area contributed by atoms with E-state index in [1.165, 1.54) is 11.1 Å². The summed E-state index contributed by atoms with van der Waals surface area (Å²) in [6.45, 7) is 2.11. The van der Waals surface area contributed by atoms with Crippen LogP contribution in [0.4, 0.5) is 4.79 Å². The summed E-state index contributed by atoms with van der Waals surface area (Å²) in [5, 5.41) is 2.25. The first-order valence-electron chi connectivity index (χ1n) is 7.85. The van der Waals surface area contributed by atoms with Crippen LogP contribution in [0.25, 0.3) is 11.1 Å². The number of hydrogen-bond acceptors (Lipinski definition) is 3. The topological polar surface area (TPSA) is 55.4 Å². The SMILES string of the molecule is CCCC(=O)NC(=O)OCC1c2ccccc2-c2ccccc21. The number of nitrogens with one attached hydrogen (secondary N) is 1. The van der Waals surface area contributed by atoms with Crippen molar-refractivity contribution < 1.29 is 14.3 Å². The Hall–Kier alpha value is -2.62. The smallest absolute Gasteiger partial charge is 0.413 e. The Balaban J connectivity index is 1.73. The highest BCUT2D eigenvalue weighted by molar-refractivity contribution is 5.91. The first-order valence-corrected chi connectivity index (χ1v) is 7.85. The monoisotopic (exact) mass is 309 g/mol. The highest BCUT2D eigenvalue weighted by Gasteiger charge is 2.29. The van der Waals surface area contributed by atoms with Crippen molar-refractivity contribution in [3.63, 3.8) is 0 Å². The molecule has 0 bridgehead atoms. The minimum Gasteiger partial charge on any atom is -0.448 e. The molecule has 0 aromatic heterocycles. The molecule has 2 aromatic carbocycles. The summed E-state index contributed by atoms with van der Waals surface area (Å²) in [4.78, 5) is 23.2. The van der Waals surface area contributed by atoms with E-state index >= 15 is 0 Å². The molecule has 0 saturated heterocycles. The van der Waals surface area contributed by atoms with Gasteiger partial charge in [-0.1, -0.05) is 55.5 Å². The molecule has 118 valence electrons. The number of imide groups is 1. The Morgan fingerprint density at radius 3 is 2.13 bits per heavy atom. The third-order valence-electron chi connectivity index (χ3n) is 4.06. The van der Waals surface area contributed by atoms with Gasteiger partial charge in [0.1, 0.15) is 6.61 Å². The lowest BCUT2D eigenvalue weighted by atomic mass is 9.98. The summed E-state index contributed by atoms with van der Waals surface area (Å²) >= 11 is 0. The lowest BCUT2D eigenvalue weighted by Crippen LogP contribution is -2.31. The Bertz CT molecular complexity index is 693. The van der Waals surface area contributed by atoms with E-state index < -0.39 is 6.09 Å². The van der Waals surface area contributed by atoms with Crippen molar-refractivity contribution in [1.82, 2.24) is 5.32 Å². The maximum absolute atomic E-state index is 11.8. The number of fused-ring (bicyclic) bond motifs is 3. The van der Waals surface area contributed by atoms with Gasteiger partial charge in [0.05, 0.1) is 0 Å². The molecular weight excluding hydrogens is 290 g/mol. The van der Waals surface area contributed by atoms with E-state index in [0.717, 1.165) is 11.1 Å². The standard InChI is InChI=1S/C19H19NO3/c1-2-7-18(21)20-19(22)23-12-17-15-10-5-3-8-13(15)14-9-4-6-11-16(14)17/h3-6,8-11,17H,2,7,12H2,1H3,(H,20,21,22). The Morgan fingerprint density at radius 2 is 1.57 bits per heavy atom. The van der Waals surface area contributed by atoms with Gasteiger partial charge in [-0.3, -0.25) is 10.1 Å². The van der Waals surface area contributed by atoms with Gasteiger partial charge in [-0.15, -0.1) is 0 Å². The zero-order valence-corrected chi connectivity index (χ0v) is 13.0. The van der Waals surface area contributed by atoms with E-state index in [9.17, 15) is 9.59 Å². The van der Waals surface area contributed by atoms with Crippen molar-refractivity contribution in [1.29, 1.82) is 0 Å². The number of alkyl carbamates (subject to hydrolysis) is 1. The first kappa shape index (κ1) is 15.3. The fraction of sp³-hybridized carbons (Fsp3) is 0.263. The minimum atomic E-state index is -0.676. The average Bonchev–Trinajstić information content (AvgIpc) is 2.87. The molecule has 0 spiro atoms. The number of rotatable bonds is 4. The van der Waals surface area contributed by atoms with E-state index in [2.05, 4.69) is 29.6 Å². The Kier molecular flexibility index (Phi) is 4.42. The second-order valence-corrected chi connectivity index (χ2v) is 5.62. The van der Waals surface area contributed by atoms with E-state index in [1.807, 2.05) is 31.2 Å². The summed E-state index contributed by atoms with van der Waals surface area (Å²) in [6, 6.07) is 16.3. The minimum absolute atomic E-state index is 0.00873. The van der Waals surface area contributed by atoms with Gasteiger partial charge in [0, 0.05) is 12.3 Å². The summed E-state index contributed by atoms with van der Waals surface area (Å²) in [5.41, 5.74) is 4.67. The highest BCUT2D eigenvalue weighted by atomic mass is 16.5. The maximum atomic E-state index is 11.8. The molecule has 0 radical (unpaired) electrons. The van der Waals surface area contributed by atoms with Gasteiger partial charge in [0.15, 0.2) is 0 Å². The predicted octanol–water partition coefficient (Wildman–Crippen LogP) is 3.85. The molecule has 4 heteroatoms. The van der Waals surface area contributed by atoms with Crippen LogP contribution in [-0.4, -0.2) is 18.6 Å². The van der Waals surface area contributed by atoms with Crippen LogP contribution >= 0.6 is 0 Å². The van der Waals surface area contributed by atoms with Gasteiger partial charge < -0.3 is 4.74 Å². The number of carbonyl (C=O) groups excluding carboxylic acids is 2. The molecule has 0 heterocycles. The fourth-order valence-corrected chi connectivity index (χ4v) is 3.04. The van der Waals surface area contributed by atoms with Crippen molar-refractivity contribution in [2.45, 2.75) is 25.7 Å². The molecule has 0 unspecified atom stereocenters. The van der Waals surface area contributed by atoms with E-state index in [0.29, 0.717) is 12.8 Å². The maximum Gasteiger partial charge on any atom is 0.413 e. The number of ether oxygens (including phenoxy) is 1. The number of carbonyl (C=O) groups is 2. The first-order chi connectivity index (χ1) is 11.2. The van der Waals surface area contributed by atoms with Crippen molar-refractivity contribution >= 4 is 12.0 Å². The van der Waals surface area contributed by atoms with Gasteiger partial charge in [-0.2, -0.15) is 0 Å². The predicted molar refractivity (Wildman–Crippen MR) is 88.1 cm³/mol. The molecule has 0 saturated carbocycles.